The van der Waals surface area contributed by atoms with Crippen LogP contribution >= 0.6 is 0 Å². The molecule has 0 aliphatic heterocycles. The molecule has 0 aliphatic rings. The van der Waals surface area contributed by atoms with E-state index in [9.17, 15) is 0 Å². The van der Waals surface area contributed by atoms with Gasteiger partial charge in [0.25, 0.3) is 0 Å². The second-order valence-corrected chi connectivity index (χ2v) is 7.02. The average molecular weight is 327 g/mol. The van der Waals surface area contributed by atoms with Gasteiger partial charge in [0, 0.05) is 18.4 Å². The van der Waals surface area contributed by atoms with Crippen molar-refractivity contribution in [2.24, 2.45) is 5.92 Å². The van der Waals surface area contributed by atoms with Crippen LogP contribution < -0.4 is 0 Å². The largest absolute Gasteiger partial charge is 0.334 e. The lowest BCUT2D eigenvalue weighted by Gasteiger charge is -2.29. The van der Waals surface area contributed by atoms with E-state index in [1.165, 1.54) is 63.4 Å². The molecule has 0 amide bonds. The predicted octanol–water partition coefficient (Wildman–Crippen LogP) is 6.44. The number of nitrogens with zero attached hydrogens (tertiary/aromatic N) is 2. The quantitative estimate of drug-likeness (QED) is 0.410. The number of hydrogen-bond donors (Lipinski definition) is 0. The predicted molar refractivity (Wildman–Crippen MR) is 103 cm³/mol. The summed E-state index contributed by atoms with van der Waals surface area (Å²) < 4.78 is 2.37. The Morgan fingerprint density at radius 1 is 0.917 bits per heavy atom. The first kappa shape index (κ1) is 18.8. The van der Waals surface area contributed by atoms with Gasteiger partial charge in [-0.25, -0.2) is 4.98 Å². The van der Waals surface area contributed by atoms with Gasteiger partial charge in [-0.1, -0.05) is 82.7 Å². The molecular formula is C22H34N2. The van der Waals surface area contributed by atoms with E-state index in [1.54, 1.807) is 0 Å². The normalized spacial score (nSPS) is 13.8. The molecule has 24 heavy (non-hydrogen) atoms. The SMILES string of the molecule is CCCCCC(Cc1ccccc1)C(CCCCC)n1ccnc1. The molecule has 2 aromatic rings. The molecule has 2 heteroatoms. The number of benzene rings is 1. The lowest BCUT2D eigenvalue weighted by atomic mass is 9.85. The molecule has 132 valence electrons. The molecule has 1 heterocycles. The Morgan fingerprint density at radius 3 is 2.25 bits per heavy atom. The molecule has 1 aromatic heterocycles. The van der Waals surface area contributed by atoms with Crippen LogP contribution in [-0.4, -0.2) is 9.55 Å². The molecule has 2 nitrogen and oxygen atoms in total. The summed E-state index contributed by atoms with van der Waals surface area (Å²) in [7, 11) is 0. The maximum atomic E-state index is 4.32. The molecule has 0 bridgehead atoms. The Balaban J connectivity index is 2.12. The number of rotatable bonds is 12. The van der Waals surface area contributed by atoms with Gasteiger partial charge in [0.15, 0.2) is 0 Å². The maximum Gasteiger partial charge on any atom is 0.0948 e. The summed E-state index contributed by atoms with van der Waals surface area (Å²) in [6.45, 7) is 4.58. The number of unbranched alkanes of at least 4 members (excludes halogenated alkanes) is 4. The summed E-state index contributed by atoms with van der Waals surface area (Å²) >= 11 is 0. The van der Waals surface area contributed by atoms with Crippen LogP contribution in [0.5, 0.6) is 0 Å². The van der Waals surface area contributed by atoms with E-state index in [2.05, 4.69) is 59.9 Å². The van der Waals surface area contributed by atoms with Gasteiger partial charge in [-0.15, -0.1) is 0 Å². The van der Waals surface area contributed by atoms with E-state index >= 15 is 0 Å². The van der Waals surface area contributed by atoms with Crippen molar-refractivity contribution in [3.63, 3.8) is 0 Å². The molecule has 0 aliphatic carbocycles. The summed E-state index contributed by atoms with van der Waals surface area (Å²) in [5, 5.41) is 0. The number of aromatic nitrogens is 2. The highest BCUT2D eigenvalue weighted by atomic mass is 15.1. The average Bonchev–Trinajstić information content (AvgIpc) is 3.13. The van der Waals surface area contributed by atoms with E-state index in [1.807, 2.05) is 12.5 Å². The van der Waals surface area contributed by atoms with E-state index < -0.39 is 0 Å². The molecule has 0 spiro atoms. The molecular weight excluding hydrogens is 292 g/mol. The monoisotopic (exact) mass is 326 g/mol. The second kappa shape index (κ2) is 11.1. The zero-order chi connectivity index (χ0) is 17.0. The van der Waals surface area contributed by atoms with Crippen molar-refractivity contribution in [1.82, 2.24) is 9.55 Å². The summed E-state index contributed by atoms with van der Waals surface area (Å²) in [6, 6.07) is 11.6. The first-order chi connectivity index (χ1) is 11.8. The lowest BCUT2D eigenvalue weighted by Crippen LogP contribution is -2.21. The van der Waals surface area contributed by atoms with Crippen molar-refractivity contribution in [2.45, 2.75) is 77.7 Å². The minimum atomic E-state index is 0.580. The highest BCUT2D eigenvalue weighted by Crippen LogP contribution is 2.31. The van der Waals surface area contributed by atoms with Gasteiger partial charge in [-0.2, -0.15) is 0 Å². The topological polar surface area (TPSA) is 17.8 Å². The van der Waals surface area contributed by atoms with Crippen LogP contribution in [0.1, 0.15) is 76.8 Å². The van der Waals surface area contributed by atoms with Crippen LogP contribution in [0.4, 0.5) is 0 Å². The lowest BCUT2D eigenvalue weighted by molar-refractivity contribution is 0.276. The fourth-order valence-electron chi connectivity index (χ4n) is 3.70. The summed E-state index contributed by atoms with van der Waals surface area (Å²) in [5.74, 6) is 0.699. The van der Waals surface area contributed by atoms with Gasteiger partial charge in [-0.3, -0.25) is 0 Å². The van der Waals surface area contributed by atoms with Crippen LogP contribution in [0.15, 0.2) is 49.1 Å². The van der Waals surface area contributed by atoms with Gasteiger partial charge >= 0.3 is 0 Å². The van der Waals surface area contributed by atoms with Crippen LogP contribution in [0, 0.1) is 5.92 Å². The third kappa shape index (κ3) is 6.14. The molecule has 0 N–H and O–H groups in total. The van der Waals surface area contributed by atoms with Crippen LogP contribution in [0.3, 0.4) is 0 Å². The molecule has 0 saturated heterocycles. The van der Waals surface area contributed by atoms with Crippen molar-refractivity contribution in [3.05, 3.63) is 54.6 Å². The van der Waals surface area contributed by atoms with Gasteiger partial charge < -0.3 is 4.57 Å². The second-order valence-electron chi connectivity index (χ2n) is 7.02. The number of imidazole rings is 1. The molecule has 0 radical (unpaired) electrons. The van der Waals surface area contributed by atoms with E-state index in [0.717, 1.165) is 0 Å². The number of hydrogen-bond acceptors (Lipinski definition) is 1. The van der Waals surface area contributed by atoms with Gasteiger partial charge in [0.05, 0.1) is 6.33 Å². The zero-order valence-electron chi connectivity index (χ0n) is 15.5. The van der Waals surface area contributed by atoms with Crippen molar-refractivity contribution in [2.75, 3.05) is 0 Å². The minimum absolute atomic E-state index is 0.580. The first-order valence-electron chi connectivity index (χ1n) is 9.86. The summed E-state index contributed by atoms with van der Waals surface area (Å²) in [5.41, 5.74) is 1.47. The van der Waals surface area contributed by atoms with Crippen LogP contribution in [0.25, 0.3) is 0 Å². The Hall–Kier alpha value is -1.57. The van der Waals surface area contributed by atoms with E-state index in [0.29, 0.717) is 12.0 Å². The Bertz CT molecular complexity index is 518. The highest BCUT2D eigenvalue weighted by Gasteiger charge is 2.22. The van der Waals surface area contributed by atoms with Crippen molar-refractivity contribution >= 4 is 0 Å². The Morgan fingerprint density at radius 2 is 1.62 bits per heavy atom. The van der Waals surface area contributed by atoms with Gasteiger partial charge in [-0.05, 0) is 30.7 Å². The zero-order valence-corrected chi connectivity index (χ0v) is 15.5. The molecule has 2 unspecified atom stereocenters. The molecule has 2 atom stereocenters. The Labute approximate surface area is 148 Å². The standard InChI is InChI=1S/C22H34N2/c1-3-5-8-14-21(18-20-12-10-7-11-13-20)22(15-9-6-4-2)24-17-16-23-19-24/h7,10-13,16-17,19,21-22H,3-6,8-9,14-15,18H2,1-2H3. The van der Waals surface area contributed by atoms with E-state index in [-0.39, 0.29) is 0 Å². The molecule has 0 fully saturated rings. The molecule has 1 aromatic carbocycles. The van der Waals surface area contributed by atoms with Crippen molar-refractivity contribution < 1.29 is 0 Å². The smallest absolute Gasteiger partial charge is 0.0948 e. The summed E-state index contributed by atoms with van der Waals surface area (Å²) in [6.07, 6.45) is 17.8. The molecule has 2 rings (SSSR count). The van der Waals surface area contributed by atoms with Crippen LogP contribution in [-0.2, 0) is 6.42 Å². The van der Waals surface area contributed by atoms with Crippen molar-refractivity contribution in [3.8, 4) is 0 Å². The first-order valence-corrected chi connectivity index (χ1v) is 9.86. The van der Waals surface area contributed by atoms with Gasteiger partial charge in [0.1, 0.15) is 0 Å². The van der Waals surface area contributed by atoms with Gasteiger partial charge in [0.2, 0.25) is 0 Å². The fourth-order valence-corrected chi connectivity index (χ4v) is 3.70. The third-order valence-electron chi connectivity index (χ3n) is 5.07. The highest BCUT2D eigenvalue weighted by molar-refractivity contribution is 5.15. The van der Waals surface area contributed by atoms with Crippen molar-refractivity contribution in [1.29, 1.82) is 0 Å². The third-order valence-corrected chi connectivity index (χ3v) is 5.07. The van der Waals surface area contributed by atoms with E-state index in [4.69, 9.17) is 0 Å². The Kier molecular flexibility index (Phi) is 8.65. The maximum absolute atomic E-state index is 4.32. The minimum Gasteiger partial charge on any atom is -0.334 e. The van der Waals surface area contributed by atoms with Crippen LogP contribution in [0.2, 0.25) is 0 Å². The summed E-state index contributed by atoms with van der Waals surface area (Å²) in [4.78, 5) is 4.32. The fraction of sp³-hybridized carbons (Fsp3) is 0.591. The molecule has 0 saturated carbocycles.